The van der Waals surface area contributed by atoms with Crippen molar-refractivity contribution < 1.29 is 4.79 Å². The van der Waals surface area contributed by atoms with E-state index in [1.54, 1.807) is 10.6 Å². The summed E-state index contributed by atoms with van der Waals surface area (Å²) in [7, 11) is 0. The van der Waals surface area contributed by atoms with Crippen molar-refractivity contribution >= 4 is 27.7 Å². The molecule has 0 spiro atoms. The average Bonchev–Trinajstić information content (AvgIpc) is 3.18. The van der Waals surface area contributed by atoms with Crippen molar-refractivity contribution in [2.75, 3.05) is 0 Å². The molecule has 1 aliphatic rings. The molecule has 6 heteroatoms. The standard InChI is InChI=1S/C24H24N4O2/c1-3-14(2)21-22-26-19-11-7-5-9-17(19)24(30)28(22)20(23(29)27-21)12-15-13-25-18-10-6-4-8-16(15)18/h4-11,13-14,20-21,25H,3,12H2,1-2H3,(H,27,29)/t14?,20-,21+/m1/s1. The molecule has 3 atom stereocenters. The minimum atomic E-state index is -0.635. The van der Waals surface area contributed by atoms with E-state index in [2.05, 4.69) is 24.1 Å². The smallest absolute Gasteiger partial charge is 0.262 e. The van der Waals surface area contributed by atoms with Gasteiger partial charge in [-0.25, -0.2) is 4.98 Å². The number of H-pyrrole nitrogens is 1. The maximum absolute atomic E-state index is 13.5. The third-order valence-electron chi connectivity index (χ3n) is 6.33. The Labute approximate surface area is 173 Å². The summed E-state index contributed by atoms with van der Waals surface area (Å²) in [6.45, 7) is 4.16. The van der Waals surface area contributed by atoms with Gasteiger partial charge in [-0.3, -0.25) is 14.2 Å². The topological polar surface area (TPSA) is 79.8 Å². The van der Waals surface area contributed by atoms with Gasteiger partial charge in [0.05, 0.1) is 16.9 Å². The number of hydrogen-bond donors (Lipinski definition) is 2. The summed E-state index contributed by atoms with van der Waals surface area (Å²) in [6.07, 6.45) is 3.23. The molecule has 2 aromatic carbocycles. The maximum Gasteiger partial charge on any atom is 0.262 e. The van der Waals surface area contributed by atoms with E-state index in [0.29, 0.717) is 23.1 Å². The zero-order valence-electron chi connectivity index (χ0n) is 17.1. The van der Waals surface area contributed by atoms with Crippen molar-refractivity contribution in [1.82, 2.24) is 19.9 Å². The number of amides is 1. The first-order valence-corrected chi connectivity index (χ1v) is 10.4. The molecular weight excluding hydrogens is 376 g/mol. The minimum Gasteiger partial charge on any atom is -0.361 e. The van der Waals surface area contributed by atoms with Crippen molar-refractivity contribution in [2.24, 2.45) is 5.92 Å². The van der Waals surface area contributed by atoms with Crippen molar-refractivity contribution in [3.8, 4) is 0 Å². The summed E-state index contributed by atoms with van der Waals surface area (Å²) >= 11 is 0. The molecule has 1 aliphatic heterocycles. The second-order valence-electron chi connectivity index (χ2n) is 8.11. The molecule has 0 saturated heterocycles. The Hall–Kier alpha value is -3.41. The van der Waals surface area contributed by atoms with E-state index in [-0.39, 0.29) is 23.4 Å². The quantitative estimate of drug-likeness (QED) is 0.546. The molecule has 152 valence electrons. The summed E-state index contributed by atoms with van der Waals surface area (Å²) in [5.41, 5.74) is 2.55. The van der Waals surface area contributed by atoms with Crippen LogP contribution < -0.4 is 10.9 Å². The Morgan fingerprint density at radius 1 is 1.07 bits per heavy atom. The average molecular weight is 400 g/mol. The van der Waals surface area contributed by atoms with Crippen LogP contribution in [0.25, 0.3) is 21.8 Å². The minimum absolute atomic E-state index is 0.128. The fraction of sp³-hybridized carbons (Fsp3) is 0.292. The second kappa shape index (κ2) is 7.13. The van der Waals surface area contributed by atoms with Crippen LogP contribution in [0.4, 0.5) is 0 Å². The van der Waals surface area contributed by atoms with Gasteiger partial charge in [-0.05, 0) is 29.7 Å². The van der Waals surface area contributed by atoms with Crippen LogP contribution in [0.5, 0.6) is 0 Å². The van der Waals surface area contributed by atoms with Gasteiger partial charge >= 0.3 is 0 Å². The number of rotatable bonds is 4. The van der Waals surface area contributed by atoms with E-state index in [0.717, 1.165) is 22.9 Å². The summed E-state index contributed by atoms with van der Waals surface area (Å²) in [4.78, 5) is 34.8. The first-order valence-electron chi connectivity index (χ1n) is 10.4. The predicted molar refractivity (Wildman–Crippen MR) is 117 cm³/mol. The molecule has 6 nitrogen and oxygen atoms in total. The van der Waals surface area contributed by atoms with Crippen LogP contribution in [0.3, 0.4) is 0 Å². The summed E-state index contributed by atoms with van der Waals surface area (Å²) in [6, 6.07) is 14.4. The molecule has 2 N–H and O–H groups in total. The van der Waals surface area contributed by atoms with Crippen molar-refractivity contribution in [3.63, 3.8) is 0 Å². The lowest BCUT2D eigenvalue weighted by Gasteiger charge is -2.35. The SMILES string of the molecule is CCC(C)[C@@H]1NC(=O)[C@@H](Cc2c[nH]c3ccccc23)n2c1nc1ccccc1c2=O. The molecule has 1 amide bonds. The molecule has 1 unspecified atom stereocenters. The highest BCUT2D eigenvalue weighted by Gasteiger charge is 2.37. The number of carbonyl (C=O) groups excluding carboxylic acids is 1. The number of nitrogens with one attached hydrogen (secondary N) is 2. The van der Waals surface area contributed by atoms with Crippen LogP contribution in [0.15, 0.2) is 59.5 Å². The van der Waals surface area contributed by atoms with Crippen molar-refractivity contribution in [3.05, 3.63) is 76.5 Å². The molecule has 30 heavy (non-hydrogen) atoms. The molecule has 5 rings (SSSR count). The molecule has 0 aliphatic carbocycles. The zero-order chi connectivity index (χ0) is 20.8. The van der Waals surface area contributed by atoms with Gasteiger partial charge in [-0.2, -0.15) is 0 Å². The number of nitrogens with zero attached hydrogens (tertiary/aromatic N) is 2. The monoisotopic (exact) mass is 400 g/mol. The highest BCUT2D eigenvalue weighted by molar-refractivity contribution is 5.87. The lowest BCUT2D eigenvalue weighted by atomic mass is 9.93. The van der Waals surface area contributed by atoms with E-state index in [9.17, 15) is 9.59 Å². The van der Waals surface area contributed by atoms with Gasteiger partial charge in [0.25, 0.3) is 5.56 Å². The highest BCUT2D eigenvalue weighted by Crippen LogP contribution is 2.32. The fourth-order valence-corrected chi connectivity index (χ4v) is 4.44. The molecule has 0 bridgehead atoms. The van der Waals surface area contributed by atoms with Gasteiger partial charge in [0.2, 0.25) is 5.91 Å². The van der Waals surface area contributed by atoms with E-state index in [4.69, 9.17) is 4.98 Å². The Morgan fingerprint density at radius 2 is 1.80 bits per heavy atom. The number of fused-ring (bicyclic) bond motifs is 3. The Morgan fingerprint density at radius 3 is 2.60 bits per heavy atom. The van der Waals surface area contributed by atoms with Crippen LogP contribution in [-0.4, -0.2) is 20.4 Å². The number of aromatic nitrogens is 3. The predicted octanol–water partition coefficient (Wildman–Crippen LogP) is 3.88. The van der Waals surface area contributed by atoms with E-state index < -0.39 is 6.04 Å². The van der Waals surface area contributed by atoms with Crippen LogP contribution >= 0.6 is 0 Å². The first kappa shape index (κ1) is 18.6. The third-order valence-corrected chi connectivity index (χ3v) is 6.33. The molecule has 0 radical (unpaired) electrons. The molecule has 4 aromatic rings. The van der Waals surface area contributed by atoms with Crippen LogP contribution in [0.1, 0.15) is 43.7 Å². The Bertz CT molecular complexity index is 1320. The summed E-state index contributed by atoms with van der Waals surface area (Å²) in [5, 5.41) is 4.77. The van der Waals surface area contributed by atoms with E-state index in [1.807, 2.05) is 48.7 Å². The number of hydrogen-bond acceptors (Lipinski definition) is 3. The van der Waals surface area contributed by atoms with Gasteiger partial charge < -0.3 is 10.3 Å². The van der Waals surface area contributed by atoms with Crippen LogP contribution in [-0.2, 0) is 11.2 Å². The third kappa shape index (κ3) is 2.83. The van der Waals surface area contributed by atoms with Crippen molar-refractivity contribution in [2.45, 2.75) is 38.8 Å². The normalized spacial score (nSPS) is 19.6. The molecular formula is C24H24N4O2. The van der Waals surface area contributed by atoms with Crippen LogP contribution in [0.2, 0.25) is 0 Å². The first-order chi connectivity index (χ1) is 14.6. The lowest BCUT2D eigenvalue weighted by Crippen LogP contribution is -2.50. The largest absolute Gasteiger partial charge is 0.361 e. The van der Waals surface area contributed by atoms with Crippen LogP contribution in [0, 0.1) is 5.92 Å². The molecule has 0 fully saturated rings. The van der Waals surface area contributed by atoms with Gasteiger partial charge in [0.15, 0.2) is 0 Å². The van der Waals surface area contributed by atoms with Gasteiger partial charge in [-0.1, -0.05) is 50.6 Å². The molecule has 3 heterocycles. The fourth-order valence-electron chi connectivity index (χ4n) is 4.44. The zero-order valence-corrected chi connectivity index (χ0v) is 17.1. The lowest BCUT2D eigenvalue weighted by molar-refractivity contribution is -0.127. The number of benzene rings is 2. The molecule has 2 aromatic heterocycles. The highest BCUT2D eigenvalue weighted by atomic mass is 16.2. The van der Waals surface area contributed by atoms with E-state index >= 15 is 0 Å². The Balaban J connectivity index is 1.70. The Kier molecular flexibility index (Phi) is 4.42. The number of carbonyl (C=O) groups is 1. The van der Waals surface area contributed by atoms with E-state index in [1.165, 1.54) is 0 Å². The van der Waals surface area contributed by atoms with Gasteiger partial charge in [0.1, 0.15) is 11.9 Å². The van der Waals surface area contributed by atoms with Gasteiger partial charge in [0, 0.05) is 23.5 Å². The summed E-state index contributed by atoms with van der Waals surface area (Å²) < 4.78 is 1.64. The maximum atomic E-state index is 13.5. The molecule has 0 saturated carbocycles. The van der Waals surface area contributed by atoms with Crippen molar-refractivity contribution in [1.29, 1.82) is 0 Å². The number of para-hydroxylation sites is 2. The summed E-state index contributed by atoms with van der Waals surface area (Å²) in [5.74, 6) is 0.692. The second-order valence-corrected chi connectivity index (χ2v) is 8.11. The van der Waals surface area contributed by atoms with Gasteiger partial charge in [-0.15, -0.1) is 0 Å². The number of aromatic amines is 1.